The van der Waals surface area contributed by atoms with E-state index in [-0.39, 0.29) is 5.91 Å². The van der Waals surface area contributed by atoms with Crippen molar-refractivity contribution in [3.05, 3.63) is 42.2 Å². The smallest absolute Gasteiger partial charge is 0.254 e. The van der Waals surface area contributed by atoms with Crippen molar-refractivity contribution in [3.8, 4) is 0 Å². The Morgan fingerprint density at radius 3 is 2.44 bits per heavy atom. The van der Waals surface area contributed by atoms with E-state index in [2.05, 4.69) is 44.6 Å². The molecule has 0 saturated carbocycles. The average molecular weight is 339 g/mol. The van der Waals surface area contributed by atoms with Crippen molar-refractivity contribution < 1.29 is 4.79 Å². The lowest BCUT2D eigenvalue weighted by Crippen LogP contribution is -2.24. The molecule has 1 aromatic carbocycles. The number of rotatable bonds is 7. The molecule has 0 aliphatic carbocycles. The van der Waals surface area contributed by atoms with Crippen molar-refractivity contribution in [2.75, 3.05) is 29.9 Å². The second-order valence-corrected chi connectivity index (χ2v) is 6.27. The first-order valence-corrected chi connectivity index (χ1v) is 8.98. The predicted octanol–water partition coefficient (Wildman–Crippen LogP) is 3.35. The fraction of sp³-hybridized carbons (Fsp3) is 0.421. The van der Waals surface area contributed by atoms with E-state index in [9.17, 15) is 4.79 Å². The van der Waals surface area contributed by atoms with E-state index in [1.165, 1.54) is 18.5 Å². The first-order chi connectivity index (χ1) is 12.3. The Morgan fingerprint density at radius 1 is 1.12 bits per heavy atom. The lowest BCUT2D eigenvalue weighted by atomic mass is 10.2. The SMILES string of the molecule is CCCCNC(=O)c1cnc(Nc2ccc(N3CCCC3)cc2)nc1. The van der Waals surface area contributed by atoms with Crippen LogP contribution in [0.2, 0.25) is 0 Å². The minimum Gasteiger partial charge on any atom is -0.372 e. The van der Waals surface area contributed by atoms with E-state index in [0.717, 1.165) is 31.6 Å². The van der Waals surface area contributed by atoms with Gasteiger partial charge in [0.15, 0.2) is 0 Å². The Balaban J connectivity index is 1.56. The molecule has 0 atom stereocenters. The van der Waals surface area contributed by atoms with Crippen LogP contribution in [0.15, 0.2) is 36.7 Å². The lowest BCUT2D eigenvalue weighted by molar-refractivity contribution is 0.0952. The van der Waals surface area contributed by atoms with Crippen LogP contribution in [0.1, 0.15) is 43.0 Å². The molecule has 0 unspecified atom stereocenters. The first-order valence-electron chi connectivity index (χ1n) is 8.98. The van der Waals surface area contributed by atoms with E-state index in [0.29, 0.717) is 18.1 Å². The van der Waals surface area contributed by atoms with Crippen molar-refractivity contribution in [2.45, 2.75) is 32.6 Å². The number of anilines is 3. The zero-order valence-electron chi connectivity index (χ0n) is 14.7. The quantitative estimate of drug-likeness (QED) is 0.757. The number of amides is 1. The fourth-order valence-corrected chi connectivity index (χ4v) is 2.85. The van der Waals surface area contributed by atoms with E-state index in [1.54, 1.807) is 12.4 Å². The van der Waals surface area contributed by atoms with Crippen LogP contribution in [-0.4, -0.2) is 35.5 Å². The normalized spacial score (nSPS) is 13.7. The number of aromatic nitrogens is 2. The largest absolute Gasteiger partial charge is 0.372 e. The van der Waals surface area contributed by atoms with Crippen LogP contribution in [0.25, 0.3) is 0 Å². The summed E-state index contributed by atoms with van der Waals surface area (Å²) in [5.74, 6) is 0.356. The van der Waals surface area contributed by atoms with Crippen LogP contribution in [0, 0.1) is 0 Å². The summed E-state index contributed by atoms with van der Waals surface area (Å²) in [7, 11) is 0. The maximum absolute atomic E-state index is 11.9. The highest BCUT2D eigenvalue weighted by atomic mass is 16.1. The maximum Gasteiger partial charge on any atom is 0.254 e. The van der Waals surface area contributed by atoms with Crippen LogP contribution in [-0.2, 0) is 0 Å². The molecule has 1 fully saturated rings. The van der Waals surface area contributed by atoms with Gasteiger partial charge in [-0.1, -0.05) is 13.3 Å². The van der Waals surface area contributed by atoms with Gasteiger partial charge in [-0.05, 0) is 43.5 Å². The highest BCUT2D eigenvalue weighted by molar-refractivity contribution is 5.93. The summed E-state index contributed by atoms with van der Waals surface area (Å²) in [4.78, 5) is 22.8. The van der Waals surface area contributed by atoms with Crippen molar-refractivity contribution in [3.63, 3.8) is 0 Å². The molecule has 0 bridgehead atoms. The third-order valence-corrected chi connectivity index (χ3v) is 4.32. The van der Waals surface area contributed by atoms with Gasteiger partial charge in [0, 0.05) is 43.4 Å². The highest BCUT2D eigenvalue weighted by Crippen LogP contribution is 2.23. The summed E-state index contributed by atoms with van der Waals surface area (Å²) in [6.45, 7) is 5.04. The number of hydrogen-bond donors (Lipinski definition) is 2. The second kappa shape index (κ2) is 8.46. The van der Waals surface area contributed by atoms with Gasteiger partial charge in [0.2, 0.25) is 5.95 Å². The van der Waals surface area contributed by atoms with E-state index >= 15 is 0 Å². The van der Waals surface area contributed by atoms with Gasteiger partial charge in [-0.3, -0.25) is 4.79 Å². The third-order valence-electron chi connectivity index (χ3n) is 4.32. The maximum atomic E-state index is 11.9. The van der Waals surface area contributed by atoms with Crippen LogP contribution < -0.4 is 15.5 Å². The van der Waals surface area contributed by atoms with Crippen LogP contribution >= 0.6 is 0 Å². The topological polar surface area (TPSA) is 70.2 Å². The van der Waals surface area contributed by atoms with Gasteiger partial charge < -0.3 is 15.5 Å². The number of nitrogens with zero attached hydrogens (tertiary/aromatic N) is 3. The van der Waals surface area contributed by atoms with E-state index < -0.39 is 0 Å². The number of unbranched alkanes of at least 4 members (excludes halogenated alkanes) is 1. The Labute approximate surface area is 148 Å². The van der Waals surface area contributed by atoms with Crippen LogP contribution in [0.5, 0.6) is 0 Å². The monoisotopic (exact) mass is 339 g/mol. The summed E-state index contributed by atoms with van der Waals surface area (Å²) in [5.41, 5.74) is 2.66. The molecule has 1 aromatic heterocycles. The summed E-state index contributed by atoms with van der Waals surface area (Å²) in [5, 5.41) is 6.03. The molecular formula is C19H25N5O. The van der Waals surface area contributed by atoms with Crippen molar-refractivity contribution in [1.82, 2.24) is 15.3 Å². The summed E-state index contributed by atoms with van der Waals surface area (Å²) in [6.07, 6.45) is 7.67. The zero-order valence-corrected chi connectivity index (χ0v) is 14.7. The number of carbonyl (C=O) groups is 1. The Morgan fingerprint density at radius 2 is 1.80 bits per heavy atom. The molecule has 1 amide bonds. The molecule has 2 aromatic rings. The molecule has 0 radical (unpaired) electrons. The highest BCUT2D eigenvalue weighted by Gasteiger charge is 2.12. The van der Waals surface area contributed by atoms with Gasteiger partial charge in [-0.2, -0.15) is 0 Å². The van der Waals surface area contributed by atoms with Gasteiger partial charge in [-0.15, -0.1) is 0 Å². The second-order valence-electron chi connectivity index (χ2n) is 6.27. The predicted molar refractivity (Wildman–Crippen MR) is 100 cm³/mol. The fourth-order valence-electron chi connectivity index (χ4n) is 2.85. The molecule has 2 N–H and O–H groups in total. The first kappa shape index (κ1) is 17.2. The van der Waals surface area contributed by atoms with E-state index in [1.807, 2.05) is 12.1 Å². The Kier molecular flexibility index (Phi) is 5.82. The Bertz CT molecular complexity index is 678. The molecule has 25 heavy (non-hydrogen) atoms. The molecule has 0 spiro atoms. The van der Waals surface area contributed by atoms with Crippen molar-refractivity contribution >= 4 is 23.2 Å². The molecule has 6 heteroatoms. The van der Waals surface area contributed by atoms with Crippen LogP contribution in [0.4, 0.5) is 17.3 Å². The number of benzene rings is 1. The average Bonchev–Trinajstić information content (AvgIpc) is 3.18. The molecule has 1 aliphatic heterocycles. The number of carbonyl (C=O) groups excluding carboxylic acids is 1. The van der Waals surface area contributed by atoms with Gasteiger partial charge in [0.1, 0.15) is 0 Å². The minimum absolute atomic E-state index is 0.130. The standard InChI is InChI=1S/C19H25N5O/c1-2-3-10-20-18(25)15-13-21-19(22-14-15)23-16-6-8-17(9-7-16)24-11-4-5-12-24/h6-9,13-14H,2-5,10-12H2,1H3,(H,20,25)(H,21,22,23). The third kappa shape index (κ3) is 4.68. The molecule has 6 nitrogen and oxygen atoms in total. The molecule has 3 rings (SSSR count). The zero-order chi connectivity index (χ0) is 17.5. The Hall–Kier alpha value is -2.63. The molecule has 2 heterocycles. The van der Waals surface area contributed by atoms with Gasteiger partial charge in [-0.25, -0.2) is 9.97 Å². The number of nitrogens with one attached hydrogen (secondary N) is 2. The molecule has 1 aliphatic rings. The number of hydrogen-bond acceptors (Lipinski definition) is 5. The van der Waals surface area contributed by atoms with Gasteiger partial charge in [0.25, 0.3) is 5.91 Å². The molecular weight excluding hydrogens is 314 g/mol. The summed E-state index contributed by atoms with van der Waals surface area (Å²) < 4.78 is 0. The summed E-state index contributed by atoms with van der Waals surface area (Å²) in [6, 6.07) is 8.29. The van der Waals surface area contributed by atoms with Gasteiger partial charge >= 0.3 is 0 Å². The van der Waals surface area contributed by atoms with Crippen LogP contribution in [0.3, 0.4) is 0 Å². The van der Waals surface area contributed by atoms with Crippen molar-refractivity contribution in [2.24, 2.45) is 0 Å². The minimum atomic E-state index is -0.130. The summed E-state index contributed by atoms with van der Waals surface area (Å²) >= 11 is 0. The van der Waals surface area contributed by atoms with Gasteiger partial charge in [0.05, 0.1) is 5.56 Å². The lowest BCUT2D eigenvalue weighted by Gasteiger charge is -2.17. The molecule has 132 valence electrons. The molecule has 1 saturated heterocycles. The van der Waals surface area contributed by atoms with Crippen molar-refractivity contribution in [1.29, 1.82) is 0 Å². The van der Waals surface area contributed by atoms with E-state index in [4.69, 9.17) is 0 Å².